The topological polar surface area (TPSA) is 26.3 Å². The molecule has 0 unspecified atom stereocenters. The highest BCUT2D eigenvalue weighted by molar-refractivity contribution is 5.69. The molecule has 1 N–H and O–H groups in total. The van der Waals surface area contributed by atoms with Crippen LogP contribution in [0, 0.1) is 0 Å². The molecule has 2 aromatic rings. The second-order valence-corrected chi connectivity index (χ2v) is 3.99. The smallest absolute Gasteiger partial charge is 0.203 e. The summed E-state index contributed by atoms with van der Waals surface area (Å²) >= 11 is 0. The summed E-state index contributed by atoms with van der Waals surface area (Å²) < 4.78 is 0. The van der Waals surface area contributed by atoms with E-state index >= 15 is 0 Å². The van der Waals surface area contributed by atoms with Crippen LogP contribution >= 0.6 is 0 Å². The van der Waals surface area contributed by atoms with Crippen molar-refractivity contribution in [2.24, 2.45) is 4.99 Å². The summed E-state index contributed by atoms with van der Waals surface area (Å²) in [4.78, 5) is 7.55. The average Bonchev–Trinajstić information content (AvgIpc) is 2.48. The second kappa shape index (κ2) is 7.77. The van der Waals surface area contributed by atoms with E-state index in [0.29, 0.717) is 0 Å². The van der Waals surface area contributed by atoms with E-state index in [4.69, 9.17) is 0 Å². The minimum Gasteiger partial charge on any atom is -0.261 e. The van der Waals surface area contributed by atoms with Crippen molar-refractivity contribution in [3.63, 3.8) is 0 Å². The molecule has 0 radical (unpaired) electrons. The average molecular weight is 249 g/mol. The first-order valence-electron chi connectivity index (χ1n) is 6.33. The number of para-hydroxylation sites is 2. The largest absolute Gasteiger partial charge is 0.261 e. The molecule has 0 spiro atoms. The van der Waals surface area contributed by atoms with Gasteiger partial charge in [-0.05, 0) is 18.2 Å². The first kappa shape index (κ1) is 13.0. The van der Waals surface area contributed by atoms with E-state index in [1.165, 1.54) is 0 Å². The maximum absolute atomic E-state index is 4.35. The highest BCUT2D eigenvalue weighted by Crippen LogP contribution is 2.08. The molecule has 0 fully saturated rings. The maximum atomic E-state index is 4.35. The Hall–Kier alpha value is -2.48. The molecule has 0 bridgehead atoms. The van der Waals surface area contributed by atoms with Crippen LogP contribution in [0.15, 0.2) is 77.8 Å². The summed E-state index contributed by atoms with van der Waals surface area (Å²) in [7, 11) is 0. The molecular formula is C17H17N2+. The summed E-state index contributed by atoms with van der Waals surface area (Å²) in [6, 6.07) is 20.0. The van der Waals surface area contributed by atoms with E-state index in [1.54, 1.807) is 0 Å². The molecule has 0 saturated carbocycles. The van der Waals surface area contributed by atoms with Gasteiger partial charge in [-0.15, -0.1) is 0 Å². The molecular weight excluding hydrogens is 232 g/mol. The van der Waals surface area contributed by atoms with Crippen molar-refractivity contribution in [3.8, 4) is 0 Å². The molecule has 0 atom stereocenters. The fraction of sp³-hybridized carbons (Fsp3) is 0.0588. The number of nitrogens with one attached hydrogen (secondary N) is 1. The van der Waals surface area contributed by atoms with Crippen molar-refractivity contribution in [2.45, 2.75) is 6.42 Å². The third-order valence-corrected chi connectivity index (χ3v) is 2.49. The van der Waals surface area contributed by atoms with Crippen LogP contribution in [0.25, 0.3) is 0 Å². The first-order chi connectivity index (χ1) is 9.45. The van der Waals surface area contributed by atoms with Crippen molar-refractivity contribution in [1.82, 2.24) is 0 Å². The van der Waals surface area contributed by atoms with Crippen molar-refractivity contribution in [1.29, 1.82) is 0 Å². The summed E-state index contributed by atoms with van der Waals surface area (Å²) in [5, 5.41) is 0. The summed E-state index contributed by atoms with van der Waals surface area (Å²) in [6.07, 6.45) is 8.70. The lowest BCUT2D eigenvalue weighted by Crippen LogP contribution is -2.60. The minimum atomic E-state index is 0.821. The summed E-state index contributed by atoms with van der Waals surface area (Å²) in [5.74, 6) is 0. The Morgan fingerprint density at radius 2 is 1.58 bits per heavy atom. The van der Waals surface area contributed by atoms with Gasteiger partial charge in [0.25, 0.3) is 0 Å². The normalized spacial score (nSPS) is 11.8. The molecule has 2 nitrogen and oxygen atoms in total. The monoisotopic (exact) mass is 249 g/mol. The number of hydrogen-bond donors (Lipinski definition) is 1. The van der Waals surface area contributed by atoms with Crippen molar-refractivity contribution < 1.29 is 4.99 Å². The quantitative estimate of drug-likeness (QED) is 0.789. The Bertz CT molecular complexity index is 554. The Balaban J connectivity index is 1.75. The standard InChI is InChI=1S/C17H16N2/c1-4-10-16(11-5-1)18-14-8-3-9-15-19-17-12-6-2-7-13-17/h1-8,10-15H,9H2/p+1. The number of benzene rings is 2. The second-order valence-electron chi connectivity index (χ2n) is 3.99. The lowest BCUT2D eigenvalue weighted by atomic mass is 10.3. The number of rotatable bonds is 5. The number of hydrogen-bond acceptors (Lipinski definition) is 1. The van der Waals surface area contributed by atoms with Gasteiger partial charge in [0, 0.05) is 24.8 Å². The third kappa shape index (κ3) is 5.13. The van der Waals surface area contributed by atoms with Crippen LogP contribution in [0.1, 0.15) is 6.42 Å². The number of aliphatic imine (C=N–C) groups is 1. The Morgan fingerprint density at radius 1 is 0.895 bits per heavy atom. The van der Waals surface area contributed by atoms with Gasteiger partial charge >= 0.3 is 0 Å². The minimum absolute atomic E-state index is 0.821. The van der Waals surface area contributed by atoms with E-state index in [-0.39, 0.29) is 0 Å². The highest BCUT2D eigenvalue weighted by atomic mass is 14.7. The van der Waals surface area contributed by atoms with E-state index in [2.05, 4.69) is 16.1 Å². The predicted octanol–water partition coefficient (Wildman–Crippen LogP) is 2.82. The van der Waals surface area contributed by atoms with Crippen molar-refractivity contribution in [2.75, 3.05) is 0 Å². The van der Waals surface area contributed by atoms with Crippen LogP contribution in [-0.2, 0) is 0 Å². The fourth-order valence-electron chi connectivity index (χ4n) is 1.56. The van der Waals surface area contributed by atoms with E-state index in [0.717, 1.165) is 17.8 Å². The summed E-state index contributed by atoms with van der Waals surface area (Å²) in [6.45, 7) is 0. The van der Waals surface area contributed by atoms with E-state index in [9.17, 15) is 0 Å². The third-order valence-electron chi connectivity index (χ3n) is 2.49. The number of nitrogens with zero attached hydrogens (tertiary/aromatic N) is 1. The van der Waals surface area contributed by atoms with Crippen molar-refractivity contribution in [3.05, 3.63) is 72.8 Å². The maximum Gasteiger partial charge on any atom is 0.203 e. The van der Waals surface area contributed by atoms with Crippen LogP contribution in [-0.4, -0.2) is 12.4 Å². The molecule has 0 aliphatic heterocycles. The van der Waals surface area contributed by atoms with Crippen LogP contribution in [0.3, 0.4) is 0 Å². The van der Waals surface area contributed by atoms with Gasteiger partial charge < -0.3 is 0 Å². The van der Waals surface area contributed by atoms with E-state index in [1.807, 2.05) is 79.2 Å². The SMILES string of the molecule is C(=CCC=Nc1ccccc1)C=[NH+]c1ccccc1. The lowest BCUT2D eigenvalue weighted by Gasteiger charge is -1.89. The van der Waals surface area contributed by atoms with Crippen LogP contribution < -0.4 is 4.99 Å². The van der Waals surface area contributed by atoms with Gasteiger partial charge in [0.2, 0.25) is 5.69 Å². The zero-order valence-electron chi connectivity index (χ0n) is 10.7. The van der Waals surface area contributed by atoms with Crippen molar-refractivity contribution >= 4 is 23.8 Å². The zero-order chi connectivity index (χ0) is 13.2. The molecule has 0 amide bonds. The molecule has 19 heavy (non-hydrogen) atoms. The molecule has 2 rings (SSSR count). The van der Waals surface area contributed by atoms with Gasteiger partial charge in [0.1, 0.15) is 0 Å². The predicted molar refractivity (Wildman–Crippen MR) is 81.5 cm³/mol. The first-order valence-corrected chi connectivity index (χ1v) is 6.33. The van der Waals surface area contributed by atoms with Gasteiger partial charge in [-0.1, -0.05) is 42.5 Å². The van der Waals surface area contributed by atoms with Gasteiger partial charge in [-0.25, -0.2) is 4.99 Å². The zero-order valence-corrected chi connectivity index (χ0v) is 10.7. The Labute approximate surface area is 113 Å². The lowest BCUT2D eigenvalue weighted by molar-refractivity contribution is -0.346. The highest BCUT2D eigenvalue weighted by Gasteiger charge is 1.87. The molecule has 2 aromatic carbocycles. The Morgan fingerprint density at radius 3 is 2.32 bits per heavy atom. The fourth-order valence-corrected chi connectivity index (χ4v) is 1.56. The molecule has 0 saturated heterocycles. The van der Waals surface area contributed by atoms with Gasteiger partial charge in [0.05, 0.1) is 5.69 Å². The van der Waals surface area contributed by atoms with E-state index < -0.39 is 0 Å². The van der Waals surface area contributed by atoms with Gasteiger partial charge in [-0.2, -0.15) is 0 Å². The van der Waals surface area contributed by atoms with Gasteiger partial charge in [0.15, 0.2) is 6.21 Å². The summed E-state index contributed by atoms with van der Waals surface area (Å²) in [5.41, 5.74) is 2.08. The Kier molecular flexibility index (Phi) is 5.30. The molecule has 0 aliphatic carbocycles. The van der Waals surface area contributed by atoms with Crippen LogP contribution in [0.2, 0.25) is 0 Å². The van der Waals surface area contributed by atoms with Crippen LogP contribution in [0.4, 0.5) is 11.4 Å². The van der Waals surface area contributed by atoms with Gasteiger partial charge in [-0.3, -0.25) is 4.99 Å². The number of allylic oxidation sites excluding steroid dienone is 2. The molecule has 0 aromatic heterocycles. The molecule has 0 aliphatic rings. The van der Waals surface area contributed by atoms with Crippen LogP contribution in [0.5, 0.6) is 0 Å². The molecule has 0 heterocycles. The molecule has 2 heteroatoms. The molecule has 94 valence electrons.